The summed E-state index contributed by atoms with van der Waals surface area (Å²) >= 11 is 5.78. The van der Waals surface area contributed by atoms with Crippen LogP contribution in [0.5, 0.6) is 0 Å². The van der Waals surface area contributed by atoms with Gasteiger partial charge in [0.15, 0.2) is 0 Å². The van der Waals surface area contributed by atoms with Crippen LogP contribution in [0.25, 0.3) is 0 Å². The Kier molecular flexibility index (Phi) is 3.98. The van der Waals surface area contributed by atoms with Crippen LogP contribution in [0.1, 0.15) is 27.2 Å². The molecule has 0 atom stereocenters. The van der Waals surface area contributed by atoms with Gasteiger partial charge in [-0.1, -0.05) is 38.4 Å². The highest BCUT2D eigenvalue weighted by atomic mass is 35.5. The van der Waals surface area contributed by atoms with Crippen molar-refractivity contribution >= 4 is 11.6 Å². The summed E-state index contributed by atoms with van der Waals surface area (Å²) in [5, 5.41) is 0.979. The van der Waals surface area contributed by atoms with E-state index >= 15 is 0 Å². The number of hydrogen-bond acceptors (Lipinski definition) is 0. The number of hydrogen-bond donors (Lipinski definition) is 0. The molecule has 0 unspecified atom stereocenters. The third-order valence-corrected chi connectivity index (χ3v) is 1.54. The first-order valence-corrected chi connectivity index (χ1v) is 3.41. The Morgan fingerprint density at radius 3 is 2.25 bits per heavy atom. The minimum Gasteiger partial charge on any atom is -0.0892 e. The Hall–Kier alpha value is 0.0300. The van der Waals surface area contributed by atoms with Gasteiger partial charge in [-0.25, -0.2) is 0 Å². The Bertz CT molecular complexity index is 82.4. The molecule has 0 nitrogen and oxygen atoms in total. The highest BCUT2D eigenvalue weighted by Crippen LogP contribution is 2.13. The van der Waals surface area contributed by atoms with Crippen molar-refractivity contribution in [2.75, 3.05) is 0 Å². The molecule has 1 heteroatoms. The van der Waals surface area contributed by atoms with Gasteiger partial charge in [0.25, 0.3) is 0 Å². The van der Waals surface area contributed by atoms with E-state index < -0.39 is 0 Å². The van der Waals surface area contributed by atoms with Crippen LogP contribution >= 0.6 is 11.6 Å². The van der Waals surface area contributed by atoms with E-state index in [2.05, 4.69) is 20.8 Å². The average Bonchev–Trinajstić information content (AvgIpc) is 1.67. The van der Waals surface area contributed by atoms with Crippen molar-refractivity contribution in [2.45, 2.75) is 27.2 Å². The molecule has 0 N–H and O–H groups in total. The maximum atomic E-state index is 5.78. The van der Waals surface area contributed by atoms with E-state index in [1.807, 2.05) is 6.08 Å². The van der Waals surface area contributed by atoms with E-state index in [-0.39, 0.29) is 0 Å². The lowest BCUT2D eigenvalue weighted by Crippen LogP contribution is -1.83. The predicted molar refractivity (Wildman–Crippen MR) is 39.1 cm³/mol. The lowest BCUT2D eigenvalue weighted by molar-refractivity contribution is 0.807. The summed E-state index contributed by atoms with van der Waals surface area (Å²) in [4.78, 5) is 0. The zero-order valence-corrected chi connectivity index (χ0v) is 6.50. The van der Waals surface area contributed by atoms with Crippen molar-refractivity contribution in [1.29, 1.82) is 0 Å². The van der Waals surface area contributed by atoms with Crippen LogP contribution in [0.4, 0.5) is 0 Å². The Balaban J connectivity index is 3.61. The molecule has 0 aromatic heterocycles. The van der Waals surface area contributed by atoms with Crippen LogP contribution in [0.3, 0.4) is 0 Å². The molecule has 48 valence electrons. The fourth-order valence-electron chi connectivity index (χ4n) is 0.431. The van der Waals surface area contributed by atoms with Crippen molar-refractivity contribution in [3.05, 3.63) is 11.1 Å². The largest absolute Gasteiger partial charge is 0.0892 e. The zero-order chi connectivity index (χ0) is 6.57. The number of rotatable bonds is 2. The lowest BCUT2D eigenvalue weighted by atomic mass is 10.2. The maximum Gasteiger partial charge on any atom is 0.0166 e. The normalized spacial score (nSPS) is 12.9. The van der Waals surface area contributed by atoms with Crippen molar-refractivity contribution < 1.29 is 0 Å². The van der Waals surface area contributed by atoms with Crippen LogP contribution in [-0.2, 0) is 0 Å². The van der Waals surface area contributed by atoms with E-state index in [0.29, 0.717) is 5.92 Å². The van der Waals surface area contributed by atoms with Crippen molar-refractivity contribution in [3.63, 3.8) is 0 Å². The number of halogens is 1. The minimum atomic E-state index is 0.497. The van der Waals surface area contributed by atoms with Crippen LogP contribution in [0.2, 0.25) is 0 Å². The summed E-state index contributed by atoms with van der Waals surface area (Å²) in [5.74, 6) is 0.497. The molecular weight excluding hydrogens is 120 g/mol. The Labute approximate surface area is 56.5 Å². The highest BCUT2D eigenvalue weighted by Gasteiger charge is 1.94. The molecule has 0 aliphatic rings. The smallest absolute Gasteiger partial charge is 0.0166 e. The molecule has 0 saturated heterocycles. The molecule has 0 heterocycles. The van der Waals surface area contributed by atoms with Crippen LogP contribution in [0.15, 0.2) is 11.1 Å². The van der Waals surface area contributed by atoms with Gasteiger partial charge in [0.05, 0.1) is 0 Å². The van der Waals surface area contributed by atoms with E-state index in [9.17, 15) is 0 Å². The van der Waals surface area contributed by atoms with Gasteiger partial charge in [-0.15, -0.1) is 0 Å². The van der Waals surface area contributed by atoms with E-state index in [1.54, 1.807) is 0 Å². The van der Waals surface area contributed by atoms with Gasteiger partial charge in [0.2, 0.25) is 0 Å². The SMILES string of the molecule is CCC=C(Cl)C(C)C. The Morgan fingerprint density at radius 2 is 2.12 bits per heavy atom. The zero-order valence-electron chi connectivity index (χ0n) is 5.74. The molecule has 0 fully saturated rings. The van der Waals surface area contributed by atoms with Crippen LogP contribution in [0, 0.1) is 5.92 Å². The van der Waals surface area contributed by atoms with Gasteiger partial charge in [-0.2, -0.15) is 0 Å². The predicted octanol–water partition coefficient (Wildman–Crippen LogP) is 3.18. The number of allylic oxidation sites excluding steroid dienone is 2. The molecule has 0 bridgehead atoms. The maximum absolute atomic E-state index is 5.78. The third-order valence-electron chi connectivity index (χ3n) is 0.951. The molecule has 0 aliphatic heterocycles. The summed E-state index contributed by atoms with van der Waals surface area (Å²) < 4.78 is 0. The summed E-state index contributed by atoms with van der Waals surface area (Å²) in [6, 6.07) is 0. The van der Waals surface area contributed by atoms with Gasteiger partial charge >= 0.3 is 0 Å². The van der Waals surface area contributed by atoms with Gasteiger partial charge < -0.3 is 0 Å². The molecule has 8 heavy (non-hydrogen) atoms. The summed E-state index contributed by atoms with van der Waals surface area (Å²) in [5.41, 5.74) is 0. The monoisotopic (exact) mass is 132 g/mol. The topological polar surface area (TPSA) is 0 Å². The second-order valence-corrected chi connectivity index (χ2v) is 2.59. The van der Waals surface area contributed by atoms with Crippen LogP contribution < -0.4 is 0 Å². The van der Waals surface area contributed by atoms with E-state index in [1.165, 1.54) is 0 Å². The molecule has 0 aromatic carbocycles. The van der Waals surface area contributed by atoms with Gasteiger partial charge in [0, 0.05) is 5.03 Å². The van der Waals surface area contributed by atoms with E-state index in [4.69, 9.17) is 11.6 Å². The second kappa shape index (κ2) is 3.96. The molecule has 0 rings (SSSR count). The summed E-state index contributed by atoms with van der Waals surface area (Å²) in [7, 11) is 0. The van der Waals surface area contributed by atoms with E-state index in [0.717, 1.165) is 11.5 Å². The Morgan fingerprint density at radius 1 is 1.62 bits per heavy atom. The molecule has 0 saturated carbocycles. The average molecular weight is 133 g/mol. The molecule has 0 aliphatic carbocycles. The van der Waals surface area contributed by atoms with Crippen molar-refractivity contribution in [1.82, 2.24) is 0 Å². The van der Waals surface area contributed by atoms with Crippen molar-refractivity contribution in [3.8, 4) is 0 Å². The van der Waals surface area contributed by atoms with Crippen molar-refractivity contribution in [2.24, 2.45) is 5.92 Å². The van der Waals surface area contributed by atoms with Gasteiger partial charge in [-0.05, 0) is 12.3 Å². The molecule has 0 aromatic rings. The lowest BCUT2D eigenvalue weighted by Gasteiger charge is -1.99. The first-order valence-electron chi connectivity index (χ1n) is 3.04. The summed E-state index contributed by atoms with van der Waals surface area (Å²) in [6.45, 7) is 6.27. The highest BCUT2D eigenvalue weighted by molar-refractivity contribution is 6.29. The quantitative estimate of drug-likeness (QED) is 0.542. The minimum absolute atomic E-state index is 0.497. The fourth-order valence-corrected chi connectivity index (χ4v) is 0.585. The summed E-state index contributed by atoms with van der Waals surface area (Å²) in [6.07, 6.45) is 3.09. The molecular formula is C7H13Cl. The fraction of sp³-hybridized carbons (Fsp3) is 0.714. The first-order chi connectivity index (χ1) is 3.68. The molecule has 0 spiro atoms. The second-order valence-electron chi connectivity index (χ2n) is 2.15. The standard InChI is InChI=1S/C7H13Cl/c1-4-5-7(8)6(2)3/h5-6H,4H2,1-3H3. The first kappa shape index (κ1) is 8.03. The van der Waals surface area contributed by atoms with Gasteiger partial charge in [-0.3, -0.25) is 0 Å². The van der Waals surface area contributed by atoms with Crippen LogP contribution in [-0.4, -0.2) is 0 Å². The molecule has 0 radical (unpaired) electrons. The third kappa shape index (κ3) is 3.09. The van der Waals surface area contributed by atoms with Gasteiger partial charge in [0.1, 0.15) is 0 Å². The molecule has 0 amide bonds.